The van der Waals surface area contributed by atoms with Crippen molar-refractivity contribution in [3.05, 3.63) is 69.6 Å². The van der Waals surface area contributed by atoms with Gasteiger partial charge in [-0.25, -0.2) is 9.59 Å². The van der Waals surface area contributed by atoms with E-state index in [0.29, 0.717) is 24.0 Å². The molecule has 1 saturated carbocycles. The second kappa shape index (κ2) is 9.77. The molecule has 1 amide bonds. The van der Waals surface area contributed by atoms with Crippen LogP contribution >= 0.6 is 11.6 Å². The summed E-state index contributed by atoms with van der Waals surface area (Å²) in [5.41, 5.74) is 2.80. The van der Waals surface area contributed by atoms with E-state index in [2.05, 4.69) is 17.1 Å². The molecule has 5 rings (SSSR count). The first-order valence-electron chi connectivity index (χ1n) is 11.1. The van der Waals surface area contributed by atoms with Crippen LogP contribution < -0.4 is 5.69 Å². The number of carbonyl (C=O) groups excluding carboxylic acids is 1. The van der Waals surface area contributed by atoms with Crippen LogP contribution in [0.15, 0.2) is 53.3 Å². The average molecular weight is 510 g/mol. The molecule has 3 aromatic rings. The quantitative estimate of drug-likeness (QED) is 0.540. The van der Waals surface area contributed by atoms with Crippen molar-refractivity contribution in [2.45, 2.75) is 37.4 Å². The summed E-state index contributed by atoms with van der Waals surface area (Å²) in [6, 6.07) is 15.9. The molecule has 1 aliphatic carbocycles. The Morgan fingerprint density at radius 2 is 1.69 bits per heavy atom. The highest BCUT2D eigenvalue weighted by Crippen LogP contribution is 2.48. The molecule has 0 radical (unpaired) electrons. The number of aliphatic carboxylic acids is 1. The van der Waals surface area contributed by atoms with Crippen LogP contribution in [-0.4, -0.2) is 50.7 Å². The van der Waals surface area contributed by atoms with Crippen molar-refractivity contribution in [2.75, 3.05) is 13.1 Å². The van der Waals surface area contributed by atoms with Crippen molar-refractivity contribution in [2.24, 2.45) is 5.92 Å². The van der Waals surface area contributed by atoms with Gasteiger partial charge in [0, 0.05) is 30.1 Å². The van der Waals surface area contributed by atoms with Crippen molar-refractivity contribution < 1.29 is 27.9 Å². The van der Waals surface area contributed by atoms with Crippen molar-refractivity contribution >= 4 is 34.5 Å². The standard InChI is InChI=1S/C22H22ClN3O2.C2HF3O2/c23-15-6-7-20-19(12-15)24-22(28)26(20)16-8-10-25(11-9-16)21(27)18-13-17(18)14-4-2-1-3-5-14;3-2(4,5)1(6)7/h1-7,12,16-18H,8-11,13H2,(H,24,28);(H,6,7)/t17-,18?;/m1./s1. The lowest BCUT2D eigenvalue weighted by molar-refractivity contribution is -0.192. The average Bonchev–Trinajstić information content (AvgIpc) is 3.55. The smallest absolute Gasteiger partial charge is 0.475 e. The molecule has 1 aromatic heterocycles. The van der Waals surface area contributed by atoms with Gasteiger partial charge in [0.05, 0.1) is 11.0 Å². The zero-order valence-electron chi connectivity index (χ0n) is 18.5. The summed E-state index contributed by atoms with van der Waals surface area (Å²) >= 11 is 6.04. The molecule has 2 fully saturated rings. The van der Waals surface area contributed by atoms with Gasteiger partial charge < -0.3 is 15.0 Å². The number of H-pyrrole nitrogens is 1. The number of carboxylic acid groups (broad SMARTS) is 1. The van der Waals surface area contributed by atoms with Crippen LogP contribution in [0.5, 0.6) is 0 Å². The molecule has 2 N–H and O–H groups in total. The van der Waals surface area contributed by atoms with Gasteiger partial charge in [0.15, 0.2) is 0 Å². The molecular weight excluding hydrogens is 487 g/mol. The fourth-order valence-electron chi connectivity index (χ4n) is 4.58. The molecule has 2 heterocycles. The number of carbonyl (C=O) groups is 2. The molecule has 1 saturated heterocycles. The highest BCUT2D eigenvalue weighted by Gasteiger charge is 2.46. The predicted molar refractivity (Wildman–Crippen MR) is 123 cm³/mol. The summed E-state index contributed by atoms with van der Waals surface area (Å²) < 4.78 is 33.6. The number of fused-ring (bicyclic) bond motifs is 1. The number of halogens is 4. The third-order valence-electron chi connectivity index (χ3n) is 6.40. The van der Waals surface area contributed by atoms with E-state index in [0.717, 1.165) is 30.3 Å². The Morgan fingerprint density at radius 3 is 2.29 bits per heavy atom. The lowest BCUT2D eigenvalue weighted by Gasteiger charge is -2.32. The van der Waals surface area contributed by atoms with Crippen molar-refractivity contribution in [1.29, 1.82) is 0 Å². The van der Waals surface area contributed by atoms with Crippen molar-refractivity contribution in [3.63, 3.8) is 0 Å². The zero-order valence-corrected chi connectivity index (χ0v) is 19.2. The Morgan fingerprint density at radius 1 is 1.06 bits per heavy atom. The van der Waals surface area contributed by atoms with Gasteiger partial charge in [-0.15, -0.1) is 0 Å². The molecule has 1 unspecified atom stereocenters. The molecule has 2 atom stereocenters. The number of rotatable bonds is 3. The number of hydrogen-bond acceptors (Lipinski definition) is 3. The molecule has 2 aromatic carbocycles. The normalized spacial score (nSPS) is 20.3. The minimum absolute atomic E-state index is 0.103. The second-order valence-electron chi connectivity index (χ2n) is 8.68. The van der Waals surface area contributed by atoms with Crippen LogP contribution in [0.1, 0.15) is 36.8 Å². The van der Waals surface area contributed by atoms with Gasteiger partial charge in [-0.05, 0) is 48.9 Å². The number of hydrogen-bond donors (Lipinski definition) is 2. The first kappa shape index (κ1) is 24.8. The Balaban J connectivity index is 0.000000364. The van der Waals surface area contributed by atoms with Crippen LogP contribution in [0, 0.1) is 5.92 Å². The molecule has 7 nitrogen and oxygen atoms in total. The summed E-state index contributed by atoms with van der Waals surface area (Å²) in [6.45, 7) is 1.41. The summed E-state index contributed by atoms with van der Waals surface area (Å²) in [4.78, 5) is 39.1. The summed E-state index contributed by atoms with van der Waals surface area (Å²) in [5.74, 6) is -2.00. The van der Waals surface area contributed by atoms with Gasteiger partial charge in [0.25, 0.3) is 0 Å². The van der Waals surface area contributed by atoms with Gasteiger partial charge in [0.2, 0.25) is 5.91 Å². The van der Waals surface area contributed by atoms with Gasteiger partial charge in [-0.1, -0.05) is 41.9 Å². The number of amides is 1. The fourth-order valence-corrected chi connectivity index (χ4v) is 4.75. The number of nitrogens with zero attached hydrogens (tertiary/aromatic N) is 2. The van der Waals surface area contributed by atoms with E-state index in [-0.39, 0.29) is 23.6 Å². The number of benzene rings is 2. The number of piperidine rings is 1. The Labute approximate surface area is 203 Å². The third kappa shape index (κ3) is 5.53. The number of nitrogens with one attached hydrogen (secondary N) is 1. The van der Waals surface area contributed by atoms with Crippen LogP contribution in [-0.2, 0) is 9.59 Å². The molecule has 0 spiro atoms. The first-order valence-corrected chi connectivity index (χ1v) is 11.5. The lowest BCUT2D eigenvalue weighted by Crippen LogP contribution is -2.41. The highest BCUT2D eigenvalue weighted by molar-refractivity contribution is 6.31. The predicted octanol–water partition coefficient (Wildman–Crippen LogP) is 4.58. The zero-order chi connectivity index (χ0) is 25.3. The topological polar surface area (TPSA) is 95.4 Å². The summed E-state index contributed by atoms with van der Waals surface area (Å²) in [7, 11) is 0. The van der Waals surface area contributed by atoms with Gasteiger partial charge >= 0.3 is 17.8 Å². The van der Waals surface area contributed by atoms with Crippen LogP contribution in [0.2, 0.25) is 5.02 Å². The summed E-state index contributed by atoms with van der Waals surface area (Å²) in [5, 5.41) is 7.73. The molecule has 11 heteroatoms. The van der Waals surface area contributed by atoms with Crippen LogP contribution in [0.25, 0.3) is 11.0 Å². The van der Waals surface area contributed by atoms with Crippen molar-refractivity contribution in [3.8, 4) is 0 Å². The van der Waals surface area contributed by atoms with Gasteiger partial charge in [-0.3, -0.25) is 9.36 Å². The molecule has 0 bridgehead atoms. The van der Waals surface area contributed by atoms with E-state index in [9.17, 15) is 22.8 Å². The third-order valence-corrected chi connectivity index (χ3v) is 6.63. The fraction of sp³-hybridized carbons (Fsp3) is 0.375. The summed E-state index contributed by atoms with van der Waals surface area (Å²) in [6.07, 6.45) is -2.54. The maximum atomic E-state index is 12.9. The maximum absolute atomic E-state index is 12.9. The Hall–Kier alpha value is -3.27. The number of carboxylic acids is 1. The van der Waals surface area contributed by atoms with Crippen LogP contribution in [0.3, 0.4) is 0 Å². The van der Waals surface area contributed by atoms with E-state index < -0.39 is 12.1 Å². The van der Waals surface area contributed by atoms with Gasteiger partial charge in [-0.2, -0.15) is 13.2 Å². The number of imidazole rings is 1. The van der Waals surface area contributed by atoms with Crippen molar-refractivity contribution in [1.82, 2.24) is 14.5 Å². The Bertz CT molecular complexity index is 1280. The Kier molecular flexibility index (Phi) is 6.93. The molecule has 2 aliphatic rings. The first-order chi connectivity index (χ1) is 16.6. The molecule has 35 heavy (non-hydrogen) atoms. The van der Waals surface area contributed by atoms with E-state index in [1.54, 1.807) is 6.07 Å². The van der Waals surface area contributed by atoms with E-state index >= 15 is 0 Å². The number of alkyl halides is 3. The maximum Gasteiger partial charge on any atom is 0.490 e. The minimum Gasteiger partial charge on any atom is -0.475 e. The molecule has 186 valence electrons. The second-order valence-corrected chi connectivity index (χ2v) is 9.12. The SMILES string of the molecule is O=C(C1C[C@@H]1c1ccccc1)N1CCC(n2c(=O)[nH]c3cc(Cl)ccc32)CC1.O=C(O)C(F)(F)F. The number of aromatic nitrogens is 2. The van der Waals surface area contributed by atoms with Crippen LogP contribution in [0.4, 0.5) is 13.2 Å². The number of aromatic amines is 1. The largest absolute Gasteiger partial charge is 0.490 e. The minimum atomic E-state index is -5.08. The lowest BCUT2D eigenvalue weighted by atomic mass is 10.0. The molecule has 1 aliphatic heterocycles. The van der Waals surface area contributed by atoms with E-state index in [1.807, 2.05) is 39.8 Å². The number of likely N-dealkylation sites (tertiary alicyclic amines) is 1. The monoisotopic (exact) mass is 509 g/mol. The highest BCUT2D eigenvalue weighted by atomic mass is 35.5. The molecular formula is C24H23ClF3N3O4. The van der Waals surface area contributed by atoms with E-state index in [4.69, 9.17) is 21.5 Å². The van der Waals surface area contributed by atoms with Gasteiger partial charge in [0.1, 0.15) is 0 Å². The van der Waals surface area contributed by atoms with E-state index in [1.165, 1.54) is 5.56 Å².